The van der Waals surface area contributed by atoms with Crippen LogP contribution in [0.3, 0.4) is 0 Å². The minimum absolute atomic E-state index is 0.0111. The third kappa shape index (κ3) is 8.39. The topological polar surface area (TPSA) is 177 Å². The van der Waals surface area contributed by atoms with E-state index in [4.69, 9.17) is 28.9 Å². The van der Waals surface area contributed by atoms with Gasteiger partial charge in [0.05, 0.1) is 56.1 Å². The molecule has 66 heavy (non-hydrogen) atoms. The number of nitrogens with zero attached hydrogens (tertiary/aromatic N) is 4. The van der Waals surface area contributed by atoms with Gasteiger partial charge in [0.2, 0.25) is 11.8 Å². The number of nitrogens with one attached hydrogen (secondary N) is 3. The minimum atomic E-state index is -0.744. The number of aliphatic imine (C=N–C) groups is 1. The van der Waals surface area contributed by atoms with Crippen molar-refractivity contribution in [2.75, 3.05) is 14.2 Å². The van der Waals surface area contributed by atoms with E-state index < -0.39 is 24.3 Å². The largest absolute Gasteiger partial charge is 0.488 e. The summed E-state index contributed by atoms with van der Waals surface area (Å²) in [4.78, 5) is 71.0. The maximum Gasteiger partial charge on any atom is 0.407 e. The summed E-state index contributed by atoms with van der Waals surface area (Å²) in [5.41, 5.74) is 8.00. The Hall–Kier alpha value is -5.96. The number of alkyl carbamates (subject to hydrolysis) is 2. The van der Waals surface area contributed by atoms with Crippen LogP contribution >= 0.6 is 0 Å². The van der Waals surface area contributed by atoms with Crippen LogP contribution < -0.4 is 15.4 Å². The monoisotopic (exact) mass is 901 g/mol. The Morgan fingerprint density at radius 1 is 0.848 bits per heavy atom. The summed E-state index contributed by atoms with van der Waals surface area (Å²) < 4.78 is 22.3. The lowest BCUT2D eigenvalue weighted by Gasteiger charge is -2.39. The minimum Gasteiger partial charge on any atom is -0.488 e. The lowest BCUT2D eigenvalue weighted by Crippen LogP contribution is -2.55. The van der Waals surface area contributed by atoms with Gasteiger partial charge in [-0.05, 0) is 135 Å². The molecule has 4 amide bonds. The zero-order chi connectivity index (χ0) is 46.6. The van der Waals surface area contributed by atoms with Crippen LogP contribution in [-0.4, -0.2) is 106 Å². The first-order valence-electron chi connectivity index (χ1n) is 23.7. The van der Waals surface area contributed by atoms with Gasteiger partial charge in [0.25, 0.3) is 0 Å². The van der Waals surface area contributed by atoms with Crippen molar-refractivity contribution in [3.05, 3.63) is 65.6 Å². The number of fused-ring (bicyclic) bond motifs is 6. The number of H-pyrrole nitrogens is 1. The van der Waals surface area contributed by atoms with Gasteiger partial charge in [-0.15, -0.1) is 0 Å². The molecule has 9 atom stereocenters. The van der Waals surface area contributed by atoms with Crippen LogP contribution in [0.1, 0.15) is 109 Å². The van der Waals surface area contributed by atoms with E-state index in [2.05, 4.69) is 71.9 Å². The molecule has 3 aromatic carbocycles. The molecule has 3 N–H and O–H groups in total. The Balaban J connectivity index is 0.932. The van der Waals surface area contributed by atoms with Gasteiger partial charge in [-0.3, -0.25) is 14.6 Å². The fourth-order valence-electron chi connectivity index (χ4n) is 11.3. The summed E-state index contributed by atoms with van der Waals surface area (Å²) in [7, 11) is 2.63. The number of methoxy groups -OCH3 is 2. The van der Waals surface area contributed by atoms with Crippen LogP contribution in [-0.2, 0) is 36.8 Å². The molecule has 0 saturated carbocycles. The van der Waals surface area contributed by atoms with Crippen molar-refractivity contribution in [2.45, 2.75) is 148 Å². The Kier molecular flexibility index (Phi) is 12.6. The van der Waals surface area contributed by atoms with Crippen molar-refractivity contribution >= 4 is 46.2 Å². The first-order chi connectivity index (χ1) is 31.8. The molecule has 0 bridgehead atoms. The van der Waals surface area contributed by atoms with Gasteiger partial charge >= 0.3 is 12.2 Å². The van der Waals surface area contributed by atoms with Gasteiger partial charge in [-0.2, -0.15) is 0 Å². The smallest absolute Gasteiger partial charge is 0.407 e. The van der Waals surface area contributed by atoms with E-state index >= 15 is 0 Å². The number of aromatic amines is 1. The molecule has 0 spiro atoms. The van der Waals surface area contributed by atoms with Crippen LogP contribution in [0.4, 0.5) is 15.3 Å². The number of hydrogen-bond acceptors (Lipinski definition) is 10. The van der Waals surface area contributed by atoms with Gasteiger partial charge in [0.1, 0.15) is 30.3 Å². The van der Waals surface area contributed by atoms with E-state index in [0.29, 0.717) is 31.7 Å². The van der Waals surface area contributed by atoms with Crippen molar-refractivity contribution in [2.24, 2.45) is 16.8 Å². The molecular weight excluding hydrogens is 839 g/mol. The second kappa shape index (κ2) is 18.4. The van der Waals surface area contributed by atoms with Crippen molar-refractivity contribution in [1.29, 1.82) is 0 Å². The third-order valence-electron chi connectivity index (χ3n) is 14.9. The summed E-state index contributed by atoms with van der Waals surface area (Å²) in [6, 6.07) is 13.0. The Morgan fingerprint density at radius 3 is 2.26 bits per heavy atom. The summed E-state index contributed by atoms with van der Waals surface area (Å²) in [6.45, 7) is 12.5. The second-order valence-corrected chi connectivity index (χ2v) is 19.2. The van der Waals surface area contributed by atoms with Crippen LogP contribution in [0.2, 0.25) is 0 Å². The molecule has 3 saturated heterocycles. The maximum atomic E-state index is 14.5. The van der Waals surface area contributed by atoms with Crippen molar-refractivity contribution < 1.29 is 38.1 Å². The number of hydrogen-bond donors (Lipinski definition) is 3. The normalized spacial score (nSPS) is 25.8. The maximum absolute atomic E-state index is 14.5. The molecule has 0 aliphatic carbocycles. The molecule has 5 aliphatic rings. The Morgan fingerprint density at radius 2 is 1.55 bits per heavy atom. The quantitative estimate of drug-likeness (QED) is 0.141. The zero-order valence-electron chi connectivity index (χ0n) is 39.3. The van der Waals surface area contributed by atoms with Gasteiger partial charge in [0.15, 0.2) is 0 Å². The van der Waals surface area contributed by atoms with Crippen molar-refractivity contribution in [1.82, 2.24) is 30.4 Å². The number of amides is 4. The van der Waals surface area contributed by atoms with E-state index in [1.165, 1.54) is 14.2 Å². The first-order valence-corrected chi connectivity index (χ1v) is 23.7. The average molecular weight is 902 g/mol. The number of ether oxygens (including phenoxy) is 4. The molecule has 3 fully saturated rings. The predicted octanol–water partition coefficient (Wildman–Crippen LogP) is 8.55. The van der Waals surface area contributed by atoms with Gasteiger partial charge in [-0.25, -0.2) is 14.6 Å². The Labute approximate surface area is 386 Å². The highest BCUT2D eigenvalue weighted by Crippen LogP contribution is 2.46. The fourth-order valence-corrected chi connectivity index (χ4v) is 11.3. The molecule has 350 valence electrons. The van der Waals surface area contributed by atoms with Crippen molar-refractivity contribution in [3.8, 4) is 28.1 Å². The molecule has 9 rings (SSSR count). The van der Waals surface area contributed by atoms with Crippen LogP contribution in [0.15, 0.2) is 53.7 Å². The molecule has 0 unspecified atom stereocenters. The summed E-state index contributed by atoms with van der Waals surface area (Å²) >= 11 is 0. The molecule has 0 radical (unpaired) electrons. The van der Waals surface area contributed by atoms with E-state index in [9.17, 15) is 19.2 Å². The van der Waals surface area contributed by atoms with Crippen LogP contribution in [0, 0.1) is 11.8 Å². The average Bonchev–Trinajstić information content (AvgIpc) is 4.14. The molecule has 15 nitrogen and oxygen atoms in total. The van der Waals surface area contributed by atoms with E-state index in [0.717, 1.165) is 93.5 Å². The Bertz CT molecular complexity index is 2560. The highest BCUT2D eigenvalue weighted by molar-refractivity contribution is 6.06. The molecule has 15 heteroatoms. The number of carbonyl (C=O) groups is 4. The van der Waals surface area contributed by atoms with Crippen LogP contribution in [0.5, 0.6) is 5.75 Å². The summed E-state index contributed by atoms with van der Waals surface area (Å²) in [6.07, 6.45) is 6.46. The number of imidazole rings is 1. The molecule has 4 aromatic rings. The van der Waals surface area contributed by atoms with Gasteiger partial charge < -0.3 is 44.4 Å². The molecule has 6 heterocycles. The van der Waals surface area contributed by atoms with Gasteiger partial charge in [-0.1, -0.05) is 38.5 Å². The number of aromatic nitrogens is 2. The van der Waals surface area contributed by atoms with E-state index in [1.807, 2.05) is 43.7 Å². The van der Waals surface area contributed by atoms with Gasteiger partial charge in [0, 0.05) is 29.8 Å². The fraction of sp³-hybridized carbons (Fsp3) is 0.529. The van der Waals surface area contributed by atoms with E-state index in [1.54, 1.807) is 0 Å². The number of rotatable bonds is 10. The molecule has 1 aromatic heterocycles. The highest BCUT2D eigenvalue weighted by Gasteiger charge is 2.45. The second-order valence-electron chi connectivity index (χ2n) is 19.2. The molecule has 5 aliphatic heterocycles. The zero-order valence-corrected chi connectivity index (χ0v) is 39.3. The number of likely N-dealkylation sites (tertiary alicyclic amines) is 2. The first kappa shape index (κ1) is 45.2. The SMILES string of the molecule is CC[C@H](C)[C@H](NC(=O)OC)C(=O)N1[C@@H](C)CC[C@H]1C1=Nc2ccc3cc4c(cc3c2C1)OCc1cc(-c2cnc([C@@H]3CC[C@H](C)N3C(=O)[C@@H](NC(=O)OC)C3C[C@@H](C)O[C@H](C)C3)[nH]2)ccc1-4. The van der Waals surface area contributed by atoms with E-state index in [-0.39, 0.29) is 60.0 Å². The predicted molar refractivity (Wildman–Crippen MR) is 251 cm³/mol. The number of benzene rings is 3. The lowest BCUT2D eigenvalue weighted by atomic mass is 9.85. The lowest BCUT2D eigenvalue weighted by molar-refractivity contribution is -0.140. The highest BCUT2D eigenvalue weighted by atomic mass is 16.5. The van der Waals surface area contributed by atoms with Crippen molar-refractivity contribution in [3.63, 3.8) is 0 Å². The third-order valence-corrected chi connectivity index (χ3v) is 14.9. The summed E-state index contributed by atoms with van der Waals surface area (Å²) in [5, 5.41) is 7.87. The number of carbonyl (C=O) groups excluding carboxylic acids is 4. The summed E-state index contributed by atoms with van der Waals surface area (Å²) in [5.74, 6) is 1.15. The molecular formula is C51H63N7O8. The standard InChI is InChI=1S/C51H63N7O8/c1-9-26(2)45(55-50(61)63-7)48(59)57-27(3)10-16-42(57)40-22-37-36-23-44-38(21-31(36)13-15-39(37)53-40)35-14-12-32(20-34(35)25-65-44)41-24-52-47(54-41)43-17-11-28(4)58(43)49(60)46(56-51(62)64-8)33-18-29(5)66-30(6)19-33/h12-15,20-21,23-24,26-30,33,42-43,45-46H,9-11,16-19,22,25H2,1-8H3,(H,52,54)(H,55,61)(H,56,62)/t26-,27-,28-,29+,30+,42-,43-,45-,46-/m0/s1. The van der Waals surface area contributed by atoms with Crippen LogP contribution in [0.25, 0.3) is 33.2 Å².